The molecule has 0 saturated carbocycles. The van der Waals surface area contributed by atoms with Gasteiger partial charge in [-0.2, -0.15) is 0 Å². The topological polar surface area (TPSA) is 114 Å². The molecule has 1 heterocycles. The number of nitrogens with zero attached hydrogens (tertiary/aromatic N) is 1. The first-order chi connectivity index (χ1) is 8.25. The summed E-state index contributed by atoms with van der Waals surface area (Å²) in [6.45, 7) is 6.18. The van der Waals surface area contributed by atoms with E-state index in [2.05, 4.69) is 10.3 Å². The lowest BCUT2D eigenvalue weighted by molar-refractivity contribution is -0.389. The van der Waals surface area contributed by atoms with Crippen molar-refractivity contribution < 1.29 is 9.72 Å². The molecule has 18 heavy (non-hydrogen) atoms. The zero-order valence-electron chi connectivity index (χ0n) is 10.7. The van der Waals surface area contributed by atoms with Crippen molar-refractivity contribution in [2.45, 2.75) is 26.8 Å². The number of nitro groups is 1. The first-order valence-electron chi connectivity index (χ1n) is 5.60. The molecule has 0 bridgehead atoms. The minimum atomic E-state index is -0.582. The third-order valence-electron chi connectivity index (χ3n) is 2.70. The summed E-state index contributed by atoms with van der Waals surface area (Å²) < 4.78 is 0. The quantitative estimate of drug-likeness (QED) is 0.549. The third kappa shape index (κ3) is 3.30. The van der Waals surface area contributed by atoms with Crippen molar-refractivity contribution in [3.63, 3.8) is 0 Å². The smallest absolute Gasteiger partial charge is 0.321 e. The van der Waals surface area contributed by atoms with E-state index in [1.807, 2.05) is 20.8 Å². The standard InChI is InChI=1S/C11H18N4O3/c1-11(2,3)8(6-12)14-10(16)7-4-5-9(13-7)15(17)18/h4-5,8,13H,6,12H2,1-3H3,(H,14,16). The highest BCUT2D eigenvalue weighted by Crippen LogP contribution is 2.19. The van der Waals surface area contributed by atoms with Gasteiger partial charge in [0.15, 0.2) is 5.69 Å². The zero-order valence-corrected chi connectivity index (χ0v) is 10.7. The predicted octanol–water partition coefficient (Wildman–Crippen LogP) is 1.03. The van der Waals surface area contributed by atoms with Gasteiger partial charge in [-0.05, 0) is 16.4 Å². The molecule has 0 aliphatic carbocycles. The van der Waals surface area contributed by atoms with Crippen LogP contribution < -0.4 is 11.1 Å². The van der Waals surface area contributed by atoms with Gasteiger partial charge in [0.05, 0.1) is 0 Å². The number of amides is 1. The van der Waals surface area contributed by atoms with Crippen LogP contribution in [0.1, 0.15) is 31.3 Å². The van der Waals surface area contributed by atoms with Gasteiger partial charge in [-0.15, -0.1) is 0 Å². The molecular weight excluding hydrogens is 236 g/mol. The van der Waals surface area contributed by atoms with Crippen LogP contribution in [0.2, 0.25) is 0 Å². The van der Waals surface area contributed by atoms with Crippen molar-refractivity contribution in [1.29, 1.82) is 0 Å². The molecule has 1 aromatic heterocycles. The lowest BCUT2D eigenvalue weighted by atomic mass is 9.87. The van der Waals surface area contributed by atoms with Crippen molar-refractivity contribution in [2.75, 3.05) is 6.54 Å². The number of hydrogen-bond acceptors (Lipinski definition) is 4. The molecule has 0 aliphatic rings. The van der Waals surface area contributed by atoms with Crippen molar-refractivity contribution >= 4 is 11.7 Å². The fraction of sp³-hybridized carbons (Fsp3) is 0.545. The van der Waals surface area contributed by atoms with Crippen LogP contribution in [-0.4, -0.2) is 28.4 Å². The number of carbonyl (C=O) groups is 1. The number of hydrogen-bond donors (Lipinski definition) is 3. The van der Waals surface area contributed by atoms with Gasteiger partial charge in [-0.25, -0.2) is 4.98 Å². The van der Waals surface area contributed by atoms with Crippen molar-refractivity contribution in [1.82, 2.24) is 10.3 Å². The first-order valence-corrected chi connectivity index (χ1v) is 5.60. The summed E-state index contributed by atoms with van der Waals surface area (Å²) in [6, 6.07) is 2.43. The monoisotopic (exact) mass is 254 g/mol. The average Bonchev–Trinajstić information content (AvgIpc) is 2.73. The SMILES string of the molecule is CC(C)(C)C(CN)NC(=O)c1ccc([N+](=O)[O-])[nH]1. The van der Waals surface area contributed by atoms with E-state index in [-0.39, 0.29) is 23.0 Å². The van der Waals surface area contributed by atoms with Crippen LogP contribution >= 0.6 is 0 Å². The van der Waals surface area contributed by atoms with Crippen LogP contribution in [0.4, 0.5) is 5.82 Å². The Hall–Kier alpha value is -1.89. The zero-order chi connectivity index (χ0) is 13.9. The molecule has 4 N–H and O–H groups in total. The number of H-pyrrole nitrogens is 1. The minimum absolute atomic E-state index is 0.157. The van der Waals surface area contributed by atoms with Crippen molar-refractivity contribution in [3.05, 3.63) is 27.9 Å². The van der Waals surface area contributed by atoms with Gasteiger partial charge < -0.3 is 21.2 Å². The number of rotatable bonds is 4. The molecule has 0 aliphatic heterocycles. The average molecular weight is 254 g/mol. The summed E-state index contributed by atoms with van der Waals surface area (Å²) in [5.74, 6) is -0.603. The number of carbonyl (C=O) groups excluding carboxylic acids is 1. The van der Waals surface area contributed by atoms with Gasteiger partial charge in [0.25, 0.3) is 5.91 Å². The molecule has 0 aromatic carbocycles. The summed E-state index contributed by atoms with van der Waals surface area (Å²) in [5, 5.41) is 13.3. The van der Waals surface area contributed by atoms with E-state index in [9.17, 15) is 14.9 Å². The first kappa shape index (κ1) is 14.2. The Morgan fingerprint density at radius 3 is 2.56 bits per heavy atom. The highest BCUT2D eigenvalue weighted by molar-refractivity contribution is 5.93. The number of nitrogens with two attached hydrogens (primary N) is 1. The number of aromatic amines is 1. The van der Waals surface area contributed by atoms with Crippen LogP contribution in [0.5, 0.6) is 0 Å². The lowest BCUT2D eigenvalue weighted by Crippen LogP contribution is -2.48. The second-order valence-corrected chi connectivity index (χ2v) is 5.14. The van der Waals surface area contributed by atoms with Crippen LogP contribution in [0.3, 0.4) is 0 Å². The Bertz CT molecular complexity index is 447. The maximum Gasteiger partial charge on any atom is 0.321 e. The molecule has 0 radical (unpaired) electrons. The van der Waals surface area contributed by atoms with Gasteiger partial charge in [-0.1, -0.05) is 20.8 Å². The lowest BCUT2D eigenvalue weighted by Gasteiger charge is -2.29. The highest BCUT2D eigenvalue weighted by atomic mass is 16.6. The summed E-state index contributed by atoms with van der Waals surface area (Å²) >= 11 is 0. The van der Waals surface area contributed by atoms with Crippen molar-refractivity contribution in [2.24, 2.45) is 11.1 Å². The highest BCUT2D eigenvalue weighted by Gasteiger charge is 2.26. The fourth-order valence-electron chi connectivity index (χ4n) is 1.49. The molecule has 1 amide bonds. The molecule has 1 rings (SSSR count). The number of nitrogens with one attached hydrogen (secondary N) is 2. The maximum atomic E-state index is 11.9. The molecule has 7 heteroatoms. The predicted molar refractivity (Wildman–Crippen MR) is 67.2 cm³/mol. The van der Waals surface area contributed by atoms with Crippen molar-refractivity contribution in [3.8, 4) is 0 Å². The Morgan fingerprint density at radius 1 is 1.56 bits per heavy atom. The van der Waals surface area contributed by atoms with Gasteiger partial charge in [-0.3, -0.25) is 4.79 Å². The normalized spacial score (nSPS) is 13.1. The Kier molecular flexibility index (Phi) is 4.07. The van der Waals surface area contributed by atoms with Crippen LogP contribution in [0.15, 0.2) is 12.1 Å². The molecule has 0 saturated heterocycles. The van der Waals surface area contributed by atoms with E-state index in [0.29, 0.717) is 6.54 Å². The Balaban J connectivity index is 2.78. The second kappa shape index (κ2) is 5.18. The summed E-state index contributed by atoms with van der Waals surface area (Å²) in [7, 11) is 0. The van der Waals surface area contributed by atoms with Crippen LogP contribution in [0.25, 0.3) is 0 Å². The second-order valence-electron chi connectivity index (χ2n) is 5.14. The Labute approximate surface area is 105 Å². The van der Waals surface area contributed by atoms with E-state index in [0.717, 1.165) is 0 Å². The van der Waals surface area contributed by atoms with Gasteiger partial charge in [0, 0.05) is 18.7 Å². The minimum Gasteiger partial charge on any atom is -0.358 e. The number of aromatic nitrogens is 1. The molecule has 0 spiro atoms. The third-order valence-corrected chi connectivity index (χ3v) is 2.70. The van der Waals surface area contributed by atoms with Gasteiger partial charge in [0.2, 0.25) is 0 Å². The van der Waals surface area contributed by atoms with E-state index in [1.165, 1.54) is 12.1 Å². The molecule has 1 aromatic rings. The van der Waals surface area contributed by atoms with Crippen LogP contribution in [0, 0.1) is 15.5 Å². The van der Waals surface area contributed by atoms with Gasteiger partial charge >= 0.3 is 5.82 Å². The largest absolute Gasteiger partial charge is 0.358 e. The van der Waals surface area contributed by atoms with E-state index in [1.54, 1.807) is 0 Å². The Morgan fingerprint density at radius 2 is 2.17 bits per heavy atom. The molecule has 1 unspecified atom stereocenters. The van der Waals surface area contributed by atoms with Crippen LogP contribution in [-0.2, 0) is 0 Å². The molecular formula is C11H18N4O3. The fourth-order valence-corrected chi connectivity index (χ4v) is 1.49. The van der Waals surface area contributed by atoms with E-state index in [4.69, 9.17) is 5.73 Å². The summed E-state index contributed by atoms with van der Waals surface area (Å²) in [4.78, 5) is 24.2. The molecule has 1 atom stereocenters. The molecule has 0 fully saturated rings. The van der Waals surface area contributed by atoms with Gasteiger partial charge in [0.1, 0.15) is 0 Å². The van der Waals surface area contributed by atoms with E-state index < -0.39 is 10.8 Å². The maximum absolute atomic E-state index is 11.9. The molecule has 7 nitrogen and oxygen atoms in total. The molecule has 100 valence electrons. The van der Waals surface area contributed by atoms with E-state index >= 15 is 0 Å². The summed E-state index contributed by atoms with van der Waals surface area (Å²) in [5.41, 5.74) is 5.58. The summed E-state index contributed by atoms with van der Waals surface area (Å²) in [6.07, 6.45) is 0.